The van der Waals surface area contributed by atoms with Gasteiger partial charge < -0.3 is 0 Å². The van der Waals surface area contributed by atoms with Gasteiger partial charge in [0.2, 0.25) is 0 Å². The fraction of sp³-hybridized carbons (Fsp3) is 0.600. The quantitative estimate of drug-likeness (QED) is 0.619. The molecule has 4 heteroatoms. The molecule has 0 fully saturated rings. The summed E-state index contributed by atoms with van der Waals surface area (Å²) in [6.07, 6.45) is -2.91. The molecule has 1 unspecified atom stereocenters. The van der Waals surface area contributed by atoms with Crippen molar-refractivity contribution in [3.63, 3.8) is 0 Å². The summed E-state index contributed by atoms with van der Waals surface area (Å²) in [6, 6.07) is 3.97. The number of hydrogen-bond acceptors (Lipinski definition) is 0. The van der Waals surface area contributed by atoms with Gasteiger partial charge in [-0.25, -0.2) is 0 Å². The van der Waals surface area contributed by atoms with E-state index in [1.54, 1.807) is 0 Å². The minimum Gasteiger partial charge on any atom is -0.171 e. The Balaban J connectivity index is 3.23. The fourth-order valence-corrected chi connectivity index (χ4v) is 2.80. The van der Waals surface area contributed by atoms with Gasteiger partial charge in [-0.15, -0.1) is 11.6 Å². The van der Waals surface area contributed by atoms with E-state index < -0.39 is 18.0 Å². The van der Waals surface area contributed by atoms with Crippen molar-refractivity contribution in [2.45, 2.75) is 58.0 Å². The summed E-state index contributed by atoms with van der Waals surface area (Å²) in [5.74, 6) is 0. The van der Waals surface area contributed by atoms with Gasteiger partial charge >= 0.3 is 6.18 Å². The van der Waals surface area contributed by atoms with E-state index >= 15 is 0 Å². The normalized spacial score (nSPS) is 13.6. The Morgan fingerprint density at radius 2 is 1.47 bits per heavy atom. The average molecular weight is 293 g/mol. The molecule has 0 saturated carbocycles. The predicted molar refractivity (Wildman–Crippen MR) is 73.8 cm³/mol. The maximum Gasteiger partial charge on any atom is 0.390 e. The van der Waals surface area contributed by atoms with Gasteiger partial charge in [0.15, 0.2) is 0 Å². The molecular weight excluding hydrogens is 273 g/mol. The van der Waals surface area contributed by atoms with Crippen LogP contribution in [0.2, 0.25) is 0 Å². The maximum absolute atomic E-state index is 12.5. The van der Waals surface area contributed by atoms with Crippen LogP contribution in [0.5, 0.6) is 0 Å². The van der Waals surface area contributed by atoms with Crippen LogP contribution in [0.1, 0.15) is 54.8 Å². The molecule has 0 N–H and O–H groups in total. The summed E-state index contributed by atoms with van der Waals surface area (Å²) in [7, 11) is 0. The summed E-state index contributed by atoms with van der Waals surface area (Å²) in [5, 5.41) is -0.990. The van der Waals surface area contributed by atoms with Gasteiger partial charge in [-0.2, -0.15) is 13.2 Å². The first kappa shape index (κ1) is 16.4. The van der Waals surface area contributed by atoms with Crippen molar-refractivity contribution in [1.29, 1.82) is 0 Å². The lowest BCUT2D eigenvalue weighted by Gasteiger charge is -2.20. The van der Waals surface area contributed by atoms with Gasteiger partial charge in [0.25, 0.3) is 0 Å². The van der Waals surface area contributed by atoms with Gasteiger partial charge in [0, 0.05) is 0 Å². The van der Waals surface area contributed by atoms with Crippen molar-refractivity contribution < 1.29 is 13.2 Å². The second kappa shape index (κ2) is 6.65. The average Bonchev–Trinajstić information content (AvgIpc) is 2.34. The van der Waals surface area contributed by atoms with E-state index in [1.165, 1.54) is 0 Å². The van der Waals surface area contributed by atoms with Crippen LogP contribution in [-0.4, -0.2) is 6.18 Å². The van der Waals surface area contributed by atoms with Crippen molar-refractivity contribution in [2.75, 3.05) is 0 Å². The first-order valence-electron chi connectivity index (χ1n) is 6.67. The lowest BCUT2D eigenvalue weighted by molar-refractivity contribution is -0.134. The van der Waals surface area contributed by atoms with Crippen LogP contribution in [0.3, 0.4) is 0 Å². The van der Waals surface area contributed by atoms with Crippen LogP contribution in [0.25, 0.3) is 0 Å². The summed E-state index contributed by atoms with van der Waals surface area (Å²) in [6.45, 7) is 5.95. The molecular formula is C15H20ClF3. The number of halogens is 4. The Kier molecular flexibility index (Phi) is 5.72. The van der Waals surface area contributed by atoms with Crippen molar-refractivity contribution in [3.8, 4) is 0 Å². The van der Waals surface area contributed by atoms with E-state index in [1.807, 2.05) is 32.9 Å². The van der Waals surface area contributed by atoms with E-state index in [9.17, 15) is 13.2 Å². The van der Waals surface area contributed by atoms with Crippen LogP contribution < -0.4 is 0 Å². The zero-order valence-electron chi connectivity index (χ0n) is 11.6. The van der Waals surface area contributed by atoms with Crippen LogP contribution in [0.15, 0.2) is 12.1 Å². The van der Waals surface area contributed by atoms with Gasteiger partial charge in [-0.1, -0.05) is 32.9 Å². The van der Waals surface area contributed by atoms with Gasteiger partial charge in [-0.3, -0.25) is 0 Å². The molecule has 0 amide bonds. The van der Waals surface area contributed by atoms with E-state index in [4.69, 9.17) is 11.6 Å². The Labute approximate surface area is 118 Å². The standard InChI is InChI=1S/C15H20ClF3/c1-4-10-7-11(5-2)14(12(6-3)8-10)13(16)9-15(17,18)19/h7-8,13H,4-6,9H2,1-3H3. The fourth-order valence-electron chi connectivity index (χ4n) is 2.35. The molecule has 19 heavy (non-hydrogen) atoms. The molecule has 108 valence electrons. The highest BCUT2D eigenvalue weighted by Gasteiger charge is 2.33. The molecule has 0 aliphatic carbocycles. The SMILES string of the molecule is CCc1cc(CC)c(C(Cl)CC(F)(F)F)c(CC)c1. The lowest BCUT2D eigenvalue weighted by Crippen LogP contribution is -2.13. The highest BCUT2D eigenvalue weighted by Crippen LogP contribution is 2.38. The highest BCUT2D eigenvalue weighted by molar-refractivity contribution is 6.21. The van der Waals surface area contributed by atoms with E-state index in [2.05, 4.69) is 0 Å². The smallest absolute Gasteiger partial charge is 0.171 e. The predicted octanol–water partition coefficient (Wildman–Crippen LogP) is 5.61. The molecule has 1 atom stereocenters. The summed E-state index contributed by atoms with van der Waals surface area (Å²) < 4.78 is 37.6. The largest absolute Gasteiger partial charge is 0.390 e. The van der Waals surface area contributed by atoms with E-state index in [0.29, 0.717) is 18.4 Å². The van der Waals surface area contributed by atoms with Crippen molar-refractivity contribution in [2.24, 2.45) is 0 Å². The van der Waals surface area contributed by atoms with Crippen molar-refractivity contribution >= 4 is 11.6 Å². The van der Waals surface area contributed by atoms with Gasteiger partial charge in [0.1, 0.15) is 0 Å². The molecule has 1 aromatic carbocycles. The molecule has 1 aromatic rings. The molecule has 0 aliphatic heterocycles. The zero-order valence-corrected chi connectivity index (χ0v) is 12.3. The Morgan fingerprint density at radius 1 is 1.00 bits per heavy atom. The zero-order chi connectivity index (χ0) is 14.6. The third kappa shape index (κ3) is 4.41. The molecule has 1 rings (SSSR count). The number of benzene rings is 1. The molecule has 0 bridgehead atoms. The van der Waals surface area contributed by atoms with Gasteiger partial charge in [-0.05, 0) is 41.5 Å². The van der Waals surface area contributed by atoms with Crippen LogP contribution in [0, 0.1) is 0 Å². The minimum absolute atomic E-state index is 0.682. The molecule has 0 aromatic heterocycles. The third-order valence-electron chi connectivity index (χ3n) is 3.31. The maximum atomic E-state index is 12.5. The van der Waals surface area contributed by atoms with Crippen molar-refractivity contribution in [3.05, 3.63) is 34.4 Å². The number of rotatable bonds is 5. The number of hydrogen-bond donors (Lipinski definition) is 0. The monoisotopic (exact) mass is 292 g/mol. The topological polar surface area (TPSA) is 0 Å². The van der Waals surface area contributed by atoms with Crippen LogP contribution >= 0.6 is 11.6 Å². The Hall–Kier alpha value is -0.700. The van der Waals surface area contributed by atoms with E-state index in [0.717, 1.165) is 23.1 Å². The highest BCUT2D eigenvalue weighted by atomic mass is 35.5. The second-order valence-corrected chi connectivity index (χ2v) is 5.20. The van der Waals surface area contributed by atoms with E-state index in [-0.39, 0.29) is 0 Å². The summed E-state index contributed by atoms with van der Waals surface area (Å²) in [5.41, 5.74) is 3.73. The molecule has 0 spiro atoms. The van der Waals surface area contributed by atoms with Gasteiger partial charge in [0.05, 0.1) is 11.8 Å². The van der Waals surface area contributed by atoms with Crippen LogP contribution in [0.4, 0.5) is 13.2 Å². The number of alkyl halides is 4. The Bertz CT molecular complexity index is 399. The first-order chi connectivity index (χ1) is 8.82. The lowest BCUT2D eigenvalue weighted by atomic mass is 9.90. The molecule has 0 nitrogen and oxygen atoms in total. The second-order valence-electron chi connectivity index (χ2n) is 4.68. The minimum atomic E-state index is -4.23. The third-order valence-corrected chi connectivity index (χ3v) is 3.68. The first-order valence-corrected chi connectivity index (χ1v) is 7.11. The Morgan fingerprint density at radius 3 is 1.79 bits per heavy atom. The van der Waals surface area contributed by atoms with Crippen LogP contribution in [-0.2, 0) is 19.3 Å². The summed E-state index contributed by atoms with van der Waals surface area (Å²) in [4.78, 5) is 0. The van der Waals surface area contributed by atoms with Crippen molar-refractivity contribution in [1.82, 2.24) is 0 Å². The molecule has 0 saturated heterocycles. The summed E-state index contributed by atoms with van der Waals surface area (Å²) >= 11 is 6.03. The molecule has 0 heterocycles. The number of aryl methyl sites for hydroxylation is 3. The molecule has 0 radical (unpaired) electrons. The molecule has 0 aliphatic rings.